The van der Waals surface area contributed by atoms with Crippen molar-refractivity contribution in [1.82, 2.24) is 29.9 Å². The van der Waals surface area contributed by atoms with Crippen molar-refractivity contribution in [1.29, 1.82) is 0 Å². The van der Waals surface area contributed by atoms with Crippen molar-refractivity contribution in [2.45, 2.75) is 24.9 Å². The van der Waals surface area contributed by atoms with Crippen LogP contribution >= 0.6 is 0 Å². The Hall–Kier alpha value is -4.28. The van der Waals surface area contributed by atoms with Crippen molar-refractivity contribution in [3.63, 3.8) is 0 Å². The van der Waals surface area contributed by atoms with Crippen molar-refractivity contribution in [3.05, 3.63) is 65.5 Å². The monoisotopic (exact) mass is 490 g/mol. The third kappa shape index (κ3) is 3.50. The summed E-state index contributed by atoms with van der Waals surface area (Å²) in [7, 11) is 1.83. The van der Waals surface area contributed by atoms with E-state index >= 15 is 0 Å². The van der Waals surface area contributed by atoms with E-state index in [0.29, 0.717) is 29.8 Å². The Labute approximate surface area is 205 Å². The molecule has 1 N–H and O–H groups in total. The molecule has 11 heteroatoms. The third-order valence-corrected chi connectivity index (χ3v) is 7.00. The number of halogens is 1. The zero-order valence-electron chi connectivity index (χ0n) is 19.5. The van der Waals surface area contributed by atoms with E-state index in [1.54, 1.807) is 17.1 Å². The van der Waals surface area contributed by atoms with Gasteiger partial charge in [-0.2, -0.15) is 5.10 Å². The maximum absolute atomic E-state index is 13.7. The van der Waals surface area contributed by atoms with E-state index in [2.05, 4.69) is 15.4 Å². The number of carbonyl (C=O) groups is 3. The van der Waals surface area contributed by atoms with Gasteiger partial charge in [-0.05, 0) is 42.7 Å². The number of rotatable bonds is 3. The smallest absolute Gasteiger partial charge is 0.325 e. The number of amides is 4. The molecule has 1 saturated heterocycles. The summed E-state index contributed by atoms with van der Waals surface area (Å²) in [6.07, 6.45) is 6.22. The number of ether oxygens (including phenoxy) is 1. The number of aryl methyl sites for hydroxylation is 2. The van der Waals surface area contributed by atoms with Crippen LogP contribution < -0.4 is 10.1 Å². The molecule has 184 valence electrons. The first-order chi connectivity index (χ1) is 17.3. The van der Waals surface area contributed by atoms with Crippen LogP contribution in [-0.2, 0) is 35.1 Å². The van der Waals surface area contributed by atoms with Gasteiger partial charge in [-0.15, -0.1) is 0 Å². The Kier molecular flexibility index (Phi) is 5.02. The number of hydrogen-bond donors (Lipinski definition) is 1. The second kappa shape index (κ2) is 8.14. The van der Waals surface area contributed by atoms with Gasteiger partial charge in [-0.25, -0.2) is 9.18 Å². The molecule has 2 aliphatic heterocycles. The quantitative estimate of drug-likeness (QED) is 0.560. The van der Waals surface area contributed by atoms with E-state index in [1.165, 1.54) is 23.1 Å². The molecule has 1 fully saturated rings. The molecule has 4 heterocycles. The summed E-state index contributed by atoms with van der Waals surface area (Å²) in [5, 5.41) is 6.99. The summed E-state index contributed by atoms with van der Waals surface area (Å²) in [6, 6.07) is 5.50. The van der Waals surface area contributed by atoms with Crippen LogP contribution in [-0.4, -0.2) is 62.1 Å². The van der Waals surface area contributed by atoms with Crippen molar-refractivity contribution >= 4 is 17.8 Å². The second-order valence-electron chi connectivity index (χ2n) is 9.28. The molecule has 1 spiro atoms. The molecule has 0 saturated carbocycles. The highest BCUT2D eigenvalue weighted by Crippen LogP contribution is 2.41. The van der Waals surface area contributed by atoms with Gasteiger partial charge in [0.1, 0.15) is 24.7 Å². The fourth-order valence-electron chi connectivity index (χ4n) is 5.16. The molecule has 0 radical (unpaired) electrons. The molecule has 6 rings (SSSR count). The third-order valence-electron chi connectivity index (χ3n) is 7.00. The van der Waals surface area contributed by atoms with Crippen LogP contribution in [0, 0.1) is 5.82 Å². The molecular weight excluding hydrogens is 467 g/mol. The van der Waals surface area contributed by atoms with Crippen LogP contribution in [0.5, 0.6) is 5.75 Å². The zero-order chi connectivity index (χ0) is 25.0. The average Bonchev–Trinajstić information content (AvgIpc) is 3.46. The van der Waals surface area contributed by atoms with Gasteiger partial charge in [0.05, 0.1) is 18.4 Å². The number of nitrogens with zero attached hydrogens (tertiary/aromatic N) is 5. The molecule has 1 atom stereocenters. The summed E-state index contributed by atoms with van der Waals surface area (Å²) in [6.45, 7) is 0.193. The lowest BCUT2D eigenvalue weighted by Gasteiger charge is -2.24. The van der Waals surface area contributed by atoms with Gasteiger partial charge in [-0.3, -0.25) is 24.2 Å². The number of imide groups is 1. The van der Waals surface area contributed by atoms with Gasteiger partial charge in [0.2, 0.25) is 5.91 Å². The van der Waals surface area contributed by atoms with Crippen LogP contribution in [0.25, 0.3) is 11.1 Å². The summed E-state index contributed by atoms with van der Waals surface area (Å²) < 4.78 is 21.0. The lowest BCUT2D eigenvalue weighted by molar-refractivity contribution is -0.139. The first-order valence-electron chi connectivity index (χ1n) is 11.7. The minimum Gasteiger partial charge on any atom is -0.491 e. The van der Waals surface area contributed by atoms with Crippen molar-refractivity contribution in [2.24, 2.45) is 7.05 Å². The number of hydrogen-bond acceptors (Lipinski definition) is 6. The Bertz CT molecular complexity index is 1420. The van der Waals surface area contributed by atoms with E-state index in [1.807, 2.05) is 19.3 Å². The Morgan fingerprint density at radius 3 is 2.86 bits per heavy atom. The van der Waals surface area contributed by atoms with E-state index in [9.17, 15) is 18.8 Å². The highest BCUT2D eigenvalue weighted by molar-refractivity contribution is 6.09. The number of aromatic nitrogens is 3. The fourth-order valence-corrected chi connectivity index (χ4v) is 5.16. The van der Waals surface area contributed by atoms with Gasteiger partial charge < -0.3 is 15.0 Å². The Morgan fingerprint density at radius 2 is 2.06 bits per heavy atom. The van der Waals surface area contributed by atoms with E-state index in [0.717, 1.165) is 21.6 Å². The van der Waals surface area contributed by atoms with E-state index < -0.39 is 35.7 Å². The Morgan fingerprint density at radius 1 is 1.19 bits per heavy atom. The van der Waals surface area contributed by atoms with Gasteiger partial charge in [0, 0.05) is 42.7 Å². The number of fused-ring (bicyclic) bond motifs is 3. The predicted octanol–water partition coefficient (Wildman–Crippen LogP) is 1.74. The SMILES string of the molecule is Cn1cc(-c2cnc3c(c2)CC[C@@]32NC(=O)N(CC(=O)N3CCOc4ccc(F)cc4C3)C2=O)cn1. The van der Waals surface area contributed by atoms with Gasteiger partial charge >= 0.3 is 6.03 Å². The van der Waals surface area contributed by atoms with Crippen molar-refractivity contribution < 1.29 is 23.5 Å². The molecular formula is C25H23FN6O4. The summed E-state index contributed by atoms with van der Waals surface area (Å²) in [5.41, 5.74) is 2.43. The number of carbonyl (C=O) groups excluding carboxylic acids is 3. The van der Waals surface area contributed by atoms with Crippen LogP contribution in [0.3, 0.4) is 0 Å². The number of benzene rings is 1. The van der Waals surface area contributed by atoms with Crippen LogP contribution in [0.1, 0.15) is 23.2 Å². The lowest BCUT2D eigenvalue weighted by Crippen LogP contribution is -2.45. The van der Waals surface area contributed by atoms with Crippen LogP contribution in [0.15, 0.2) is 42.9 Å². The molecule has 36 heavy (non-hydrogen) atoms. The highest BCUT2D eigenvalue weighted by atomic mass is 19.1. The molecule has 2 aromatic heterocycles. The Balaban J connectivity index is 1.22. The number of urea groups is 1. The van der Waals surface area contributed by atoms with Crippen molar-refractivity contribution in [3.8, 4) is 16.9 Å². The topological polar surface area (TPSA) is 110 Å². The van der Waals surface area contributed by atoms with Gasteiger partial charge in [0.25, 0.3) is 5.91 Å². The van der Waals surface area contributed by atoms with E-state index in [4.69, 9.17) is 4.74 Å². The summed E-state index contributed by atoms with van der Waals surface area (Å²) in [4.78, 5) is 46.5. The molecule has 1 aliphatic carbocycles. The van der Waals surface area contributed by atoms with Crippen LogP contribution in [0.2, 0.25) is 0 Å². The minimum atomic E-state index is -1.28. The molecule has 3 aromatic rings. The first kappa shape index (κ1) is 22.2. The maximum atomic E-state index is 13.7. The number of pyridine rings is 1. The highest BCUT2D eigenvalue weighted by Gasteiger charge is 2.57. The second-order valence-corrected chi connectivity index (χ2v) is 9.28. The molecule has 0 unspecified atom stereocenters. The number of nitrogens with one attached hydrogen (secondary N) is 1. The molecule has 0 bridgehead atoms. The molecule has 3 aliphatic rings. The first-order valence-corrected chi connectivity index (χ1v) is 11.7. The average molecular weight is 490 g/mol. The molecule has 1 aromatic carbocycles. The lowest BCUT2D eigenvalue weighted by atomic mass is 9.96. The van der Waals surface area contributed by atoms with Crippen molar-refractivity contribution in [2.75, 3.05) is 19.7 Å². The predicted molar refractivity (Wildman–Crippen MR) is 124 cm³/mol. The van der Waals surface area contributed by atoms with Gasteiger partial charge in [-0.1, -0.05) is 0 Å². The van der Waals surface area contributed by atoms with Gasteiger partial charge in [0.15, 0.2) is 5.54 Å². The normalized spacial score (nSPS) is 20.7. The minimum absolute atomic E-state index is 0.127. The summed E-state index contributed by atoms with van der Waals surface area (Å²) >= 11 is 0. The standard InChI is InChI=1S/C25H23FN6O4/c1-30-12-18(11-28-30)16-8-15-4-5-25(22(15)27-10-16)23(34)32(24(35)29-25)14-21(33)31-6-7-36-20-3-2-19(26)9-17(20)13-31/h2-3,8-12H,4-7,13-14H2,1H3,(H,29,35)/t25-/m1/s1. The van der Waals surface area contributed by atoms with Crippen LogP contribution in [0.4, 0.5) is 9.18 Å². The fraction of sp³-hybridized carbons (Fsp3) is 0.320. The molecule has 4 amide bonds. The van der Waals surface area contributed by atoms with E-state index in [-0.39, 0.29) is 19.7 Å². The largest absolute Gasteiger partial charge is 0.491 e. The summed E-state index contributed by atoms with van der Waals surface area (Å²) in [5.74, 6) is -0.824. The zero-order valence-corrected chi connectivity index (χ0v) is 19.5. The molecule has 10 nitrogen and oxygen atoms in total. The maximum Gasteiger partial charge on any atom is 0.325 e.